The molecule has 112 valence electrons. The number of nitrogens with zero attached hydrogens (tertiary/aromatic N) is 1. The van der Waals surface area contributed by atoms with Gasteiger partial charge in [0, 0.05) is 13.1 Å². The molecule has 0 radical (unpaired) electrons. The molecule has 0 N–H and O–H groups in total. The molecule has 1 heterocycles. The van der Waals surface area contributed by atoms with E-state index in [-0.39, 0.29) is 30.9 Å². The molecule has 0 bridgehead atoms. The molecule has 2 rings (SSSR count). The van der Waals surface area contributed by atoms with Crippen LogP contribution in [0, 0.1) is 17.0 Å². The van der Waals surface area contributed by atoms with E-state index in [1.807, 2.05) is 0 Å². The largest absolute Gasteiger partial charge is 0.491 e. The number of hydrogen-bond acceptors (Lipinski definition) is 2. The fraction of sp³-hybridized carbons (Fsp3) is 0.538. The summed E-state index contributed by atoms with van der Waals surface area (Å²) < 4.78 is 70.4. The molecule has 1 fully saturated rings. The summed E-state index contributed by atoms with van der Waals surface area (Å²) in [6, 6.07) is 2.12. The Balaban J connectivity index is 2.34. The topological polar surface area (TPSA) is 12.5 Å². The summed E-state index contributed by atoms with van der Waals surface area (Å²) in [7, 11) is 1.15. The predicted molar refractivity (Wildman–Crippen MR) is 63.9 cm³/mol. The zero-order valence-corrected chi connectivity index (χ0v) is 11.0. The molecular formula is C13H14F5NO. The van der Waals surface area contributed by atoms with E-state index in [4.69, 9.17) is 4.74 Å². The second kappa shape index (κ2) is 4.79. The molecule has 2 nitrogen and oxygen atoms in total. The zero-order valence-electron chi connectivity index (χ0n) is 11.0. The third-order valence-corrected chi connectivity index (χ3v) is 3.73. The fourth-order valence-electron chi connectivity index (χ4n) is 2.36. The van der Waals surface area contributed by atoms with E-state index in [0.717, 1.165) is 20.1 Å². The van der Waals surface area contributed by atoms with Gasteiger partial charge in [0.1, 0.15) is 0 Å². The number of hydrogen-bond donors (Lipinski definition) is 0. The van der Waals surface area contributed by atoms with Gasteiger partial charge in [-0.15, -0.1) is 0 Å². The van der Waals surface area contributed by atoms with Crippen molar-refractivity contribution >= 4 is 5.69 Å². The van der Waals surface area contributed by atoms with Gasteiger partial charge in [-0.05, 0) is 25.5 Å². The maximum Gasteiger partial charge on any atom is 0.395 e. The standard InChI is InChI=1S/C13H14F5NO/c1-12(13(16,17)18)5-6-19(7-12)9-4-3-8(14)10(15)11(9)20-2/h3-4H,5-7H2,1-2H3. The molecule has 0 saturated carbocycles. The highest BCUT2D eigenvalue weighted by atomic mass is 19.4. The Kier molecular flexibility index (Phi) is 3.56. The van der Waals surface area contributed by atoms with Gasteiger partial charge in [-0.2, -0.15) is 17.6 Å². The van der Waals surface area contributed by atoms with Gasteiger partial charge in [0.2, 0.25) is 5.82 Å². The van der Waals surface area contributed by atoms with Crippen LogP contribution >= 0.6 is 0 Å². The Morgan fingerprint density at radius 2 is 1.90 bits per heavy atom. The number of rotatable bonds is 2. The highest BCUT2D eigenvalue weighted by Crippen LogP contribution is 2.47. The molecular weight excluding hydrogens is 281 g/mol. The van der Waals surface area contributed by atoms with Gasteiger partial charge < -0.3 is 9.64 Å². The first kappa shape index (κ1) is 14.9. The average molecular weight is 295 g/mol. The van der Waals surface area contributed by atoms with Crippen molar-refractivity contribution in [3.63, 3.8) is 0 Å². The van der Waals surface area contributed by atoms with Crippen LogP contribution in [0.3, 0.4) is 0 Å². The first-order chi connectivity index (χ1) is 9.19. The van der Waals surface area contributed by atoms with Gasteiger partial charge >= 0.3 is 6.18 Å². The van der Waals surface area contributed by atoms with Crippen LogP contribution in [0.1, 0.15) is 13.3 Å². The quantitative estimate of drug-likeness (QED) is 0.770. The number of anilines is 1. The minimum atomic E-state index is -4.34. The molecule has 0 aliphatic carbocycles. The first-order valence-corrected chi connectivity index (χ1v) is 6.03. The van der Waals surface area contributed by atoms with Crippen molar-refractivity contribution in [2.75, 3.05) is 25.1 Å². The molecule has 0 aromatic heterocycles. The smallest absolute Gasteiger partial charge is 0.395 e. The lowest BCUT2D eigenvalue weighted by atomic mass is 9.89. The van der Waals surface area contributed by atoms with Gasteiger partial charge in [-0.1, -0.05) is 0 Å². The maximum atomic E-state index is 13.6. The first-order valence-electron chi connectivity index (χ1n) is 6.03. The second-order valence-electron chi connectivity index (χ2n) is 5.14. The highest BCUT2D eigenvalue weighted by Gasteiger charge is 2.54. The lowest BCUT2D eigenvalue weighted by molar-refractivity contribution is -0.209. The van der Waals surface area contributed by atoms with Crippen molar-refractivity contribution in [1.82, 2.24) is 0 Å². The van der Waals surface area contributed by atoms with Gasteiger partial charge in [0.25, 0.3) is 0 Å². The lowest BCUT2D eigenvalue weighted by Gasteiger charge is -2.28. The molecule has 1 aromatic carbocycles. The summed E-state index contributed by atoms with van der Waals surface area (Å²) in [5, 5.41) is 0. The van der Waals surface area contributed by atoms with Crippen molar-refractivity contribution in [2.45, 2.75) is 19.5 Å². The van der Waals surface area contributed by atoms with Gasteiger partial charge in [0.15, 0.2) is 11.6 Å². The number of methoxy groups -OCH3 is 1. The summed E-state index contributed by atoms with van der Waals surface area (Å²) >= 11 is 0. The predicted octanol–water partition coefficient (Wildman–Crippen LogP) is 3.75. The fourth-order valence-corrected chi connectivity index (χ4v) is 2.36. The van der Waals surface area contributed by atoms with Crippen molar-refractivity contribution in [2.24, 2.45) is 5.41 Å². The van der Waals surface area contributed by atoms with E-state index in [0.29, 0.717) is 0 Å². The Labute approximate surface area is 113 Å². The van der Waals surface area contributed by atoms with Crippen LogP contribution in [-0.4, -0.2) is 26.4 Å². The van der Waals surface area contributed by atoms with E-state index < -0.39 is 23.2 Å². The van der Waals surface area contributed by atoms with Crippen LogP contribution < -0.4 is 9.64 Å². The summed E-state index contributed by atoms with van der Waals surface area (Å²) in [6.45, 7) is 0.925. The van der Waals surface area contributed by atoms with Crippen LogP contribution in [0.15, 0.2) is 12.1 Å². The van der Waals surface area contributed by atoms with Crippen LogP contribution in [0.2, 0.25) is 0 Å². The van der Waals surface area contributed by atoms with Crippen LogP contribution in [-0.2, 0) is 0 Å². The molecule has 0 amide bonds. The Bertz CT molecular complexity index is 516. The third kappa shape index (κ3) is 2.29. The van der Waals surface area contributed by atoms with E-state index in [2.05, 4.69) is 0 Å². The molecule has 1 unspecified atom stereocenters. The molecule has 7 heteroatoms. The molecule has 1 aromatic rings. The van der Waals surface area contributed by atoms with E-state index in [9.17, 15) is 22.0 Å². The second-order valence-corrected chi connectivity index (χ2v) is 5.14. The van der Waals surface area contributed by atoms with Crippen molar-refractivity contribution in [3.8, 4) is 5.75 Å². The van der Waals surface area contributed by atoms with Crippen LogP contribution in [0.25, 0.3) is 0 Å². The zero-order chi connectivity index (χ0) is 15.1. The van der Waals surface area contributed by atoms with Crippen molar-refractivity contribution < 1.29 is 26.7 Å². The van der Waals surface area contributed by atoms with E-state index in [1.54, 1.807) is 0 Å². The summed E-state index contributed by atoms with van der Waals surface area (Å²) in [5.41, 5.74) is -1.72. The molecule has 1 aliphatic rings. The van der Waals surface area contributed by atoms with Gasteiger partial charge in [-0.25, -0.2) is 4.39 Å². The van der Waals surface area contributed by atoms with E-state index in [1.165, 1.54) is 11.0 Å². The number of alkyl halides is 3. The van der Waals surface area contributed by atoms with Crippen molar-refractivity contribution in [1.29, 1.82) is 0 Å². The summed E-state index contributed by atoms with van der Waals surface area (Å²) in [5.74, 6) is -2.65. The SMILES string of the molecule is COc1c(N2CCC(C)(C(F)(F)F)C2)ccc(F)c1F. The number of halogens is 5. The van der Waals surface area contributed by atoms with Crippen LogP contribution in [0.4, 0.5) is 27.6 Å². The van der Waals surface area contributed by atoms with Crippen molar-refractivity contribution in [3.05, 3.63) is 23.8 Å². The Morgan fingerprint density at radius 3 is 2.40 bits per heavy atom. The molecule has 0 spiro atoms. The lowest BCUT2D eigenvalue weighted by Crippen LogP contribution is -2.38. The maximum absolute atomic E-state index is 13.6. The monoisotopic (exact) mass is 295 g/mol. The summed E-state index contributed by atoms with van der Waals surface area (Å²) in [4.78, 5) is 1.37. The Hall–Kier alpha value is -1.53. The van der Waals surface area contributed by atoms with Gasteiger partial charge in [-0.3, -0.25) is 0 Å². The molecule has 1 aliphatic heterocycles. The normalized spacial score (nSPS) is 23.2. The van der Waals surface area contributed by atoms with Gasteiger partial charge in [0.05, 0.1) is 18.2 Å². The highest BCUT2D eigenvalue weighted by molar-refractivity contribution is 5.60. The van der Waals surface area contributed by atoms with Crippen LogP contribution in [0.5, 0.6) is 5.75 Å². The molecule has 20 heavy (non-hydrogen) atoms. The summed E-state index contributed by atoms with van der Waals surface area (Å²) in [6.07, 6.45) is -4.44. The minimum absolute atomic E-state index is 0.0986. The minimum Gasteiger partial charge on any atom is -0.491 e. The third-order valence-electron chi connectivity index (χ3n) is 3.73. The number of benzene rings is 1. The number of ether oxygens (including phenoxy) is 1. The Morgan fingerprint density at radius 1 is 1.25 bits per heavy atom. The molecule has 1 atom stereocenters. The average Bonchev–Trinajstić information content (AvgIpc) is 2.76. The van der Waals surface area contributed by atoms with E-state index >= 15 is 0 Å². The molecule has 1 saturated heterocycles.